The second kappa shape index (κ2) is 13.4. The van der Waals surface area contributed by atoms with Crippen LogP contribution in [0.4, 0.5) is 5.82 Å². The number of piperidine rings is 1. The Labute approximate surface area is 274 Å². The van der Waals surface area contributed by atoms with Gasteiger partial charge < -0.3 is 34.7 Å². The van der Waals surface area contributed by atoms with E-state index in [1.54, 1.807) is 32.6 Å². The maximum absolute atomic E-state index is 13.2. The van der Waals surface area contributed by atoms with E-state index in [4.69, 9.17) is 24.9 Å². The van der Waals surface area contributed by atoms with Gasteiger partial charge in [-0.2, -0.15) is 0 Å². The molecule has 15 heteroatoms. The predicted octanol–water partition coefficient (Wildman–Crippen LogP) is 3.81. The fourth-order valence-corrected chi connectivity index (χ4v) is 6.54. The summed E-state index contributed by atoms with van der Waals surface area (Å²) in [5.41, 5.74) is 6.63. The van der Waals surface area contributed by atoms with Crippen molar-refractivity contribution in [2.24, 2.45) is 11.3 Å². The first-order valence-electron chi connectivity index (χ1n) is 14.9. The predicted molar refractivity (Wildman–Crippen MR) is 171 cm³/mol. The van der Waals surface area contributed by atoms with Gasteiger partial charge in [-0.05, 0) is 81.4 Å². The normalized spacial score (nSPS) is 16.7. The molecule has 1 saturated heterocycles. The van der Waals surface area contributed by atoms with Gasteiger partial charge in [-0.25, -0.2) is 15.0 Å². The summed E-state index contributed by atoms with van der Waals surface area (Å²) in [5, 5.41) is 3.41. The van der Waals surface area contributed by atoms with Crippen LogP contribution in [0.5, 0.6) is 11.5 Å². The van der Waals surface area contributed by atoms with E-state index in [-0.39, 0.29) is 11.8 Å². The zero-order valence-corrected chi connectivity index (χ0v) is 28.4. The maximum Gasteiger partial charge on any atom is 0.311 e. The van der Waals surface area contributed by atoms with E-state index in [0.29, 0.717) is 66.5 Å². The highest BCUT2D eigenvalue weighted by Gasteiger charge is 2.31. The molecule has 2 atom stereocenters. The number of aromatic nitrogens is 4. The first-order chi connectivity index (χ1) is 21.3. The molecule has 0 bridgehead atoms. The molecular formula is C30H38BrN7O6S. The second-order valence-electron chi connectivity index (χ2n) is 12.3. The van der Waals surface area contributed by atoms with Crippen LogP contribution < -0.4 is 20.5 Å². The largest absolute Gasteiger partial charge is 0.486 e. The summed E-state index contributed by atoms with van der Waals surface area (Å²) in [6, 6.07) is 3.07. The Hall–Kier alpha value is -3.59. The Morgan fingerprint density at radius 1 is 1.13 bits per heavy atom. The molecular weight excluding hydrogens is 666 g/mol. The topological polar surface area (TPSA) is 164 Å². The van der Waals surface area contributed by atoms with Crippen LogP contribution >= 0.6 is 27.7 Å². The van der Waals surface area contributed by atoms with E-state index < -0.39 is 29.4 Å². The van der Waals surface area contributed by atoms with Gasteiger partial charge in [0.1, 0.15) is 25.6 Å². The van der Waals surface area contributed by atoms with Crippen molar-refractivity contribution in [3.63, 3.8) is 0 Å². The lowest BCUT2D eigenvalue weighted by Gasteiger charge is -2.34. The Bertz CT molecular complexity index is 1600. The minimum Gasteiger partial charge on any atom is -0.486 e. The Morgan fingerprint density at radius 2 is 1.80 bits per heavy atom. The van der Waals surface area contributed by atoms with Crippen molar-refractivity contribution >= 4 is 62.5 Å². The molecule has 45 heavy (non-hydrogen) atoms. The van der Waals surface area contributed by atoms with Crippen LogP contribution in [0.1, 0.15) is 47.5 Å². The number of nitrogens with zero attached hydrogens (tertiary/aromatic N) is 5. The number of carbonyl (C=O) groups is 3. The van der Waals surface area contributed by atoms with Crippen molar-refractivity contribution in [2.75, 3.05) is 32.0 Å². The molecule has 13 nitrogen and oxygen atoms in total. The molecule has 2 aliphatic heterocycles. The van der Waals surface area contributed by atoms with Crippen molar-refractivity contribution in [3.8, 4) is 11.5 Å². The number of nitrogens with two attached hydrogens (primary N) is 1. The van der Waals surface area contributed by atoms with Crippen molar-refractivity contribution in [3.05, 3.63) is 22.9 Å². The Kier molecular flexibility index (Phi) is 9.77. The van der Waals surface area contributed by atoms with Gasteiger partial charge in [-0.15, -0.1) is 0 Å². The van der Waals surface area contributed by atoms with Crippen molar-refractivity contribution in [2.45, 2.75) is 76.2 Å². The first kappa shape index (κ1) is 32.8. The number of anilines is 1. The van der Waals surface area contributed by atoms with Gasteiger partial charge in [-0.1, -0.05) is 11.8 Å². The standard InChI is InChI=1S/C30H38BrN7O6S/c1-16(35-26(39)17(2)44-28(41)30(3,4)5)27(40)37-8-6-18(7-9-37)14-38-25-23(24(32)33-15-34-25)36-29(38)45-22-13-21-20(12-19(22)31)42-10-11-43-21/h12-13,15-18H,6-11,14H2,1-5H3,(H,35,39)(H2,32,33,34)/t16-,17-/m1/s1. The summed E-state index contributed by atoms with van der Waals surface area (Å²) in [4.78, 5) is 54.1. The zero-order valence-electron chi connectivity index (χ0n) is 26.0. The molecule has 1 fully saturated rings. The van der Waals surface area contributed by atoms with Gasteiger partial charge in [0.2, 0.25) is 5.91 Å². The van der Waals surface area contributed by atoms with Crippen LogP contribution in [0.3, 0.4) is 0 Å². The van der Waals surface area contributed by atoms with Gasteiger partial charge in [0.15, 0.2) is 39.7 Å². The third kappa shape index (κ3) is 7.46. The minimum absolute atomic E-state index is 0.176. The summed E-state index contributed by atoms with van der Waals surface area (Å²) >= 11 is 5.12. The molecule has 4 heterocycles. The van der Waals surface area contributed by atoms with E-state index in [2.05, 4.69) is 35.8 Å². The van der Waals surface area contributed by atoms with Gasteiger partial charge in [0.25, 0.3) is 5.91 Å². The number of likely N-dealkylation sites (tertiary alicyclic amines) is 1. The monoisotopic (exact) mass is 703 g/mol. The van der Waals surface area contributed by atoms with Crippen LogP contribution in [-0.2, 0) is 25.7 Å². The molecule has 2 aromatic heterocycles. The van der Waals surface area contributed by atoms with Gasteiger partial charge in [-0.3, -0.25) is 14.4 Å². The molecule has 0 radical (unpaired) electrons. The van der Waals surface area contributed by atoms with E-state index >= 15 is 0 Å². The quantitative estimate of drug-likeness (QED) is 0.328. The first-order valence-corrected chi connectivity index (χ1v) is 16.5. The average Bonchev–Trinajstić information content (AvgIpc) is 3.34. The number of benzene rings is 1. The molecule has 0 saturated carbocycles. The highest BCUT2D eigenvalue weighted by atomic mass is 79.9. The number of fused-ring (bicyclic) bond motifs is 2. The molecule has 3 N–H and O–H groups in total. The molecule has 0 unspecified atom stereocenters. The molecule has 0 spiro atoms. The van der Waals surface area contributed by atoms with Crippen LogP contribution in [-0.4, -0.2) is 80.7 Å². The molecule has 5 rings (SSSR count). The number of carbonyl (C=O) groups excluding carboxylic acids is 3. The Balaban J connectivity index is 1.23. The lowest BCUT2D eigenvalue weighted by molar-refractivity contribution is -0.162. The molecule has 242 valence electrons. The number of rotatable bonds is 8. The summed E-state index contributed by atoms with van der Waals surface area (Å²) in [5.74, 6) is 0.752. The van der Waals surface area contributed by atoms with Crippen molar-refractivity contribution < 1.29 is 28.6 Å². The van der Waals surface area contributed by atoms with Gasteiger partial charge in [0, 0.05) is 29.0 Å². The number of esters is 1. The number of nitrogen functional groups attached to an aromatic ring is 1. The molecule has 2 aliphatic rings. The van der Waals surface area contributed by atoms with E-state index in [0.717, 1.165) is 22.2 Å². The summed E-state index contributed by atoms with van der Waals surface area (Å²) in [7, 11) is 0. The SMILES string of the molecule is C[C@@H](NC(=O)[C@@H](C)OC(=O)C(C)(C)C)C(=O)N1CCC(Cn2c(Sc3cc4c(cc3Br)OCCO4)nc3c(N)ncnc32)CC1. The van der Waals surface area contributed by atoms with Crippen LogP contribution in [0.25, 0.3) is 11.2 Å². The van der Waals surface area contributed by atoms with Crippen LogP contribution in [0.15, 0.2) is 33.0 Å². The van der Waals surface area contributed by atoms with E-state index in [1.165, 1.54) is 25.0 Å². The lowest BCUT2D eigenvalue weighted by atomic mass is 9.96. The fourth-order valence-electron chi connectivity index (χ4n) is 5.05. The third-order valence-electron chi connectivity index (χ3n) is 7.68. The summed E-state index contributed by atoms with van der Waals surface area (Å²) in [6.07, 6.45) is 1.94. The van der Waals surface area contributed by atoms with Gasteiger partial charge in [0.05, 0.1) is 5.41 Å². The minimum atomic E-state index is -1.00. The fraction of sp³-hybridized carbons (Fsp3) is 0.533. The molecule has 1 aromatic carbocycles. The van der Waals surface area contributed by atoms with E-state index in [9.17, 15) is 14.4 Å². The second-order valence-corrected chi connectivity index (χ2v) is 14.1. The lowest BCUT2D eigenvalue weighted by Crippen LogP contribution is -2.51. The van der Waals surface area contributed by atoms with Gasteiger partial charge >= 0.3 is 5.97 Å². The maximum atomic E-state index is 13.2. The molecule has 3 aromatic rings. The van der Waals surface area contributed by atoms with Crippen molar-refractivity contribution in [1.82, 2.24) is 29.7 Å². The zero-order chi connectivity index (χ0) is 32.5. The number of halogens is 1. The number of ether oxygens (including phenoxy) is 3. The Morgan fingerprint density at radius 3 is 2.47 bits per heavy atom. The number of imidazole rings is 1. The summed E-state index contributed by atoms with van der Waals surface area (Å²) in [6.45, 7) is 11.0. The summed E-state index contributed by atoms with van der Waals surface area (Å²) < 4.78 is 19.7. The van der Waals surface area contributed by atoms with E-state index in [1.807, 2.05) is 12.1 Å². The smallest absolute Gasteiger partial charge is 0.311 e. The molecule has 0 aliphatic carbocycles. The third-order valence-corrected chi connectivity index (χ3v) is 9.66. The van der Waals surface area contributed by atoms with Crippen LogP contribution in [0.2, 0.25) is 0 Å². The molecule has 2 amide bonds. The number of hydrogen-bond donors (Lipinski definition) is 2. The highest BCUT2D eigenvalue weighted by molar-refractivity contribution is 9.10. The number of nitrogens with one attached hydrogen (secondary N) is 1. The highest BCUT2D eigenvalue weighted by Crippen LogP contribution is 2.42. The average molecular weight is 705 g/mol. The van der Waals surface area contributed by atoms with Crippen molar-refractivity contribution in [1.29, 1.82) is 0 Å². The number of amides is 2. The van der Waals surface area contributed by atoms with Crippen LogP contribution in [0, 0.1) is 11.3 Å². The number of hydrogen-bond acceptors (Lipinski definition) is 11.